The van der Waals surface area contributed by atoms with Crippen molar-refractivity contribution in [3.63, 3.8) is 0 Å². The molecule has 2 N–H and O–H groups in total. The van der Waals surface area contributed by atoms with E-state index in [-0.39, 0.29) is 6.42 Å². The van der Waals surface area contributed by atoms with E-state index in [4.69, 9.17) is 15.2 Å². The van der Waals surface area contributed by atoms with E-state index in [9.17, 15) is 18.0 Å². The average Bonchev–Trinajstić information content (AvgIpc) is 2.41. The molecule has 0 unspecified atom stereocenters. The number of carbonyl (C=O) groups is 1. The number of alkyl halides is 3. The lowest BCUT2D eigenvalue weighted by Crippen LogP contribution is -2.55. The molecule has 0 amide bonds. The van der Waals surface area contributed by atoms with Crippen molar-refractivity contribution in [2.24, 2.45) is 5.73 Å². The first-order chi connectivity index (χ1) is 11.3. The molecule has 0 bridgehead atoms. The fourth-order valence-electron chi connectivity index (χ4n) is 2.27. The molecule has 1 rings (SSSR count). The molecule has 1 aromatic carbocycles. The van der Waals surface area contributed by atoms with Gasteiger partial charge in [-0.3, -0.25) is 4.79 Å². The van der Waals surface area contributed by atoms with Crippen molar-refractivity contribution < 1.29 is 27.4 Å². The third-order valence-corrected chi connectivity index (χ3v) is 3.21. The molecular weight excluding hydrogens is 335 g/mol. The Hall–Kier alpha value is -1.76. The molecule has 7 heteroatoms. The van der Waals surface area contributed by atoms with Crippen LogP contribution in [0.2, 0.25) is 0 Å². The van der Waals surface area contributed by atoms with E-state index in [1.165, 1.54) is 0 Å². The van der Waals surface area contributed by atoms with Crippen LogP contribution >= 0.6 is 0 Å². The van der Waals surface area contributed by atoms with Crippen LogP contribution in [-0.4, -0.2) is 29.9 Å². The summed E-state index contributed by atoms with van der Waals surface area (Å²) in [7, 11) is 0. The lowest BCUT2D eigenvalue weighted by molar-refractivity contribution is -0.179. The summed E-state index contributed by atoms with van der Waals surface area (Å²) in [6.45, 7) is 7.18. The van der Waals surface area contributed by atoms with E-state index in [2.05, 4.69) is 0 Å². The number of halogens is 3. The summed E-state index contributed by atoms with van der Waals surface area (Å²) in [4.78, 5) is 12.3. The van der Waals surface area contributed by atoms with Gasteiger partial charge in [-0.05, 0) is 44.9 Å². The van der Waals surface area contributed by atoms with Gasteiger partial charge in [-0.15, -0.1) is 0 Å². The summed E-state index contributed by atoms with van der Waals surface area (Å²) in [6, 6.07) is 6.57. The Morgan fingerprint density at radius 2 is 1.84 bits per heavy atom. The van der Waals surface area contributed by atoms with Gasteiger partial charge in [0.25, 0.3) is 0 Å². The van der Waals surface area contributed by atoms with Crippen LogP contribution in [-0.2, 0) is 16.0 Å². The minimum Gasteiger partial charge on any atom is -0.494 e. The highest BCUT2D eigenvalue weighted by atomic mass is 19.4. The molecular formula is C18H26F3NO3. The van der Waals surface area contributed by atoms with Crippen molar-refractivity contribution in [3.05, 3.63) is 29.8 Å². The summed E-state index contributed by atoms with van der Waals surface area (Å²) in [6.07, 6.45) is -5.56. The summed E-state index contributed by atoms with van der Waals surface area (Å²) in [5, 5.41) is 0. The highest BCUT2D eigenvalue weighted by Crippen LogP contribution is 2.31. The zero-order valence-electron chi connectivity index (χ0n) is 15.1. The highest BCUT2D eigenvalue weighted by Gasteiger charge is 2.47. The van der Waals surface area contributed by atoms with Crippen LogP contribution in [0.3, 0.4) is 0 Å². The van der Waals surface area contributed by atoms with Crippen molar-refractivity contribution in [2.45, 2.75) is 64.3 Å². The summed E-state index contributed by atoms with van der Waals surface area (Å²) in [5.74, 6) is -0.546. The lowest BCUT2D eigenvalue weighted by atomic mass is 9.88. The van der Waals surface area contributed by atoms with Crippen molar-refractivity contribution in [1.29, 1.82) is 0 Å². The van der Waals surface area contributed by atoms with Crippen LogP contribution in [0.15, 0.2) is 24.3 Å². The van der Waals surface area contributed by atoms with Crippen LogP contribution in [0.25, 0.3) is 0 Å². The Labute approximate surface area is 146 Å². The summed E-state index contributed by atoms with van der Waals surface area (Å²) < 4.78 is 49.5. The number of hydrogen-bond donors (Lipinski definition) is 1. The zero-order chi connectivity index (χ0) is 19.3. The molecule has 0 aliphatic carbocycles. The molecule has 4 nitrogen and oxygen atoms in total. The SMILES string of the molecule is CCCOc1cccc(C[C@](N)(CC(F)(F)F)C(=O)OC(C)(C)C)c1. The van der Waals surface area contributed by atoms with Gasteiger partial charge in [0.05, 0.1) is 13.0 Å². The molecule has 25 heavy (non-hydrogen) atoms. The molecule has 1 atom stereocenters. The Morgan fingerprint density at radius 1 is 1.20 bits per heavy atom. The number of hydrogen-bond acceptors (Lipinski definition) is 4. The van der Waals surface area contributed by atoms with Gasteiger partial charge < -0.3 is 15.2 Å². The molecule has 0 saturated carbocycles. The normalized spacial score (nSPS) is 14.7. The summed E-state index contributed by atoms with van der Waals surface area (Å²) in [5.41, 5.74) is 3.23. The molecule has 0 aliphatic rings. The lowest BCUT2D eigenvalue weighted by Gasteiger charge is -2.32. The molecule has 0 fully saturated rings. The zero-order valence-corrected chi connectivity index (χ0v) is 15.1. The van der Waals surface area contributed by atoms with Crippen LogP contribution in [0.1, 0.15) is 46.1 Å². The van der Waals surface area contributed by atoms with E-state index >= 15 is 0 Å². The van der Waals surface area contributed by atoms with Gasteiger partial charge in [0.15, 0.2) is 0 Å². The summed E-state index contributed by atoms with van der Waals surface area (Å²) >= 11 is 0. The average molecular weight is 361 g/mol. The number of rotatable bonds is 7. The Bertz CT molecular complexity index is 582. The van der Waals surface area contributed by atoms with E-state index in [0.29, 0.717) is 17.9 Å². The molecule has 0 aliphatic heterocycles. The van der Waals surface area contributed by atoms with Gasteiger partial charge in [-0.1, -0.05) is 19.1 Å². The van der Waals surface area contributed by atoms with Crippen molar-refractivity contribution in [1.82, 2.24) is 0 Å². The number of esters is 1. The smallest absolute Gasteiger partial charge is 0.391 e. The molecule has 0 heterocycles. The van der Waals surface area contributed by atoms with Gasteiger partial charge in [0, 0.05) is 6.42 Å². The molecule has 0 aromatic heterocycles. The van der Waals surface area contributed by atoms with E-state index in [1.54, 1.807) is 45.0 Å². The van der Waals surface area contributed by atoms with Crippen molar-refractivity contribution in [2.75, 3.05) is 6.61 Å². The first-order valence-electron chi connectivity index (χ1n) is 8.15. The van der Waals surface area contributed by atoms with Gasteiger partial charge in [0.1, 0.15) is 16.9 Å². The predicted molar refractivity (Wildman–Crippen MR) is 89.4 cm³/mol. The standard InChI is InChI=1S/C18H26F3NO3/c1-5-9-24-14-8-6-7-13(10-14)11-17(22,12-18(19,20)21)15(23)25-16(2,3)4/h6-8,10H,5,9,11-12,22H2,1-4H3/t17-/m0/s1. The maximum Gasteiger partial charge on any atom is 0.391 e. The van der Waals surface area contributed by atoms with Crippen molar-refractivity contribution in [3.8, 4) is 5.75 Å². The Balaban J connectivity index is 3.06. The van der Waals surface area contributed by atoms with Crippen molar-refractivity contribution >= 4 is 5.97 Å². The Kier molecular flexibility index (Phi) is 6.88. The van der Waals surface area contributed by atoms with Gasteiger partial charge >= 0.3 is 12.1 Å². The van der Waals surface area contributed by atoms with Gasteiger partial charge in [-0.25, -0.2) is 0 Å². The number of carbonyl (C=O) groups excluding carboxylic acids is 1. The van der Waals surface area contributed by atoms with Crippen LogP contribution in [0.4, 0.5) is 13.2 Å². The monoisotopic (exact) mass is 361 g/mol. The first kappa shape index (κ1) is 21.3. The first-order valence-corrected chi connectivity index (χ1v) is 8.15. The van der Waals surface area contributed by atoms with Gasteiger partial charge in [-0.2, -0.15) is 13.2 Å². The molecule has 0 saturated heterocycles. The fourth-order valence-corrected chi connectivity index (χ4v) is 2.27. The predicted octanol–water partition coefficient (Wildman–Crippen LogP) is 4.01. The largest absolute Gasteiger partial charge is 0.494 e. The van der Waals surface area contributed by atoms with Gasteiger partial charge in [0.2, 0.25) is 0 Å². The maximum atomic E-state index is 13.0. The van der Waals surface area contributed by atoms with E-state index in [0.717, 1.165) is 6.42 Å². The number of ether oxygens (including phenoxy) is 2. The highest BCUT2D eigenvalue weighted by molar-refractivity contribution is 5.81. The van der Waals surface area contributed by atoms with Crippen LogP contribution in [0.5, 0.6) is 5.75 Å². The molecule has 142 valence electrons. The minimum atomic E-state index is -4.60. The Morgan fingerprint density at radius 3 is 2.36 bits per heavy atom. The van der Waals surface area contributed by atoms with Crippen LogP contribution < -0.4 is 10.5 Å². The van der Waals surface area contributed by atoms with E-state index < -0.39 is 29.7 Å². The molecule has 1 aromatic rings. The third kappa shape index (κ3) is 7.77. The second-order valence-electron chi connectivity index (χ2n) is 7.12. The topological polar surface area (TPSA) is 61.5 Å². The van der Waals surface area contributed by atoms with Crippen LogP contribution in [0, 0.1) is 0 Å². The maximum absolute atomic E-state index is 13.0. The quantitative estimate of drug-likeness (QED) is 0.746. The second-order valence-corrected chi connectivity index (χ2v) is 7.12. The third-order valence-electron chi connectivity index (χ3n) is 3.21. The molecule has 0 radical (unpaired) electrons. The fraction of sp³-hybridized carbons (Fsp3) is 0.611. The molecule has 0 spiro atoms. The second kappa shape index (κ2) is 8.08. The number of nitrogens with two attached hydrogens (primary N) is 1. The minimum absolute atomic E-state index is 0.301. The van der Waals surface area contributed by atoms with E-state index in [1.807, 2.05) is 6.92 Å². The number of benzene rings is 1.